The summed E-state index contributed by atoms with van der Waals surface area (Å²) >= 11 is 1.33. The van der Waals surface area contributed by atoms with E-state index < -0.39 is 0 Å². The number of hydrogen-bond acceptors (Lipinski definition) is 4. The zero-order chi connectivity index (χ0) is 20.9. The van der Waals surface area contributed by atoms with Crippen molar-refractivity contribution in [3.63, 3.8) is 0 Å². The molecule has 1 fully saturated rings. The van der Waals surface area contributed by atoms with Crippen molar-refractivity contribution >= 4 is 23.4 Å². The molecule has 1 N–H and O–H groups in total. The minimum Gasteiger partial charge on any atom is -0.325 e. The Morgan fingerprint density at radius 3 is 2.63 bits per heavy atom. The molecule has 5 nitrogen and oxygen atoms in total. The van der Waals surface area contributed by atoms with Gasteiger partial charge in [0.25, 0.3) is 0 Å². The summed E-state index contributed by atoms with van der Waals surface area (Å²) in [6.45, 7) is 2.18. The van der Waals surface area contributed by atoms with Crippen LogP contribution in [0.3, 0.4) is 0 Å². The van der Waals surface area contributed by atoms with E-state index in [1.807, 2.05) is 16.7 Å². The van der Waals surface area contributed by atoms with Gasteiger partial charge in [-0.2, -0.15) is 0 Å². The number of rotatable bonds is 9. The minimum atomic E-state index is -0.316. The highest BCUT2D eigenvalue weighted by atomic mass is 32.2. The highest BCUT2D eigenvalue weighted by molar-refractivity contribution is 7.99. The van der Waals surface area contributed by atoms with Gasteiger partial charge >= 0.3 is 0 Å². The van der Waals surface area contributed by atoms with Crippen molar-refractivity contribution < 1.29 is 9.18 Å². The maximum Gasteiger partial charge on any atom is 0.234 e. The second-order valence-corrected chi connectivity index (χ2v) is 8.47. The molecular formula is C23H25FN4OS. The molecule has 0 aliphatic heterocycles. The van der Waals surface area contributed by atoms with E-state index in [1.54, 1.807) is 18.2 Å². The molecule has 156 valence electrons. The molecular weight excluding hydrogens is 399 g/mol. The quantitative estimate of drug-likeness (QED) is 0.461. The van der Waals surface area contributed by atoms with E-state index in [9.17, 15) is 9.18 Å². The maximum absolute atomic E-state index is 14.2. The fraction of sp³-hybridized carbons (Fsp3) is 0.348. The lowest BCUT2D eigenvalue weighted by atomic mass is 10.1. The van der Waals surface area contributed by atoms with Crippen LogP contribution < -0.4 is 5.32 Å². The number of hydrogen-bond donors (Lipinski definition) is 1. The molecule has 2 aromatic carbocycles. The monoisotopic (exact) mass is 424 g/mol. The molecule has 1 aliphatic rings. The Hall–Kier alpha value is -2.67. The molecule has 1 saturated carbocycles. The van der Waals surface area contributed by atoms with Gasteiger partial charge in [0.2, 0.25) is 5.91 Å². The first-order valence-corrected chi connectivity index (χ1v) is 11.4. The Balaban J connectivity index is 1.40. The van der Waals surface area contributed by atoms with Crippen molar-refractivity contribution in [2.45, 2.75) is 50.2 Å². The number of carbonyl (C=O) groups excluding carboxylic acids is 1. The number of carbonyl (C=O) groups is 1. The van der Waals surface area contributed by atoms with E-state index in [0.29, 0.717) is 16.5 Å². The molecule has 0 saturated heterocycles. The van der Waals surface area contributed by atoms with Gasteiger partial charge in [-0.3, -0.25) is 9.36 Å². The molecule has 0 atom stereocenters. The SMILES string of the molecule is CCCCc1ccc(NC(=O)CSc2nnc(-c3ccccc3F)n2C2CC2)cc1. The van der Waals surface area contributed by atoms with Gasteiger partial charge in [0.15, 0.2) is 11.0 Å². The van der Waals surface area contributed by atoms with Crippen LogP contribution in [0.25, 0.3) is 11.4 Å². The lowest BCUT2D eigenvalue weighted by Gasteiger charge is -2.10. The van der Waals surface area contributed by atoms with Crippen LogP contribution in [0.15, 0.2) is 53.7 Å². The number of aryl methyl sites for hydroxylation is 1. The first kappa shape index (κ1) is 20.6. The zero-order valence-corrected chi connectivity index (χ0v) is 17.8. The van der Waals surface area contributed by atoms with Gasteiger partial charge in [0.1, 0.15) is 5.82 Å². The van der Waals surface area contributed by atoms with Gasteiger partial charge < -0.3 is 5.32 Å². The van der Waals surface area contributed by atoms with Crippen LogP contribution in [-0.4, -0.2) is 26.4 Å². The van der Waals surface area contributed by atoms with Gasteiger partial charge in [-0.15, -0.1) is 10.2 Å². The molecule has 1 aliphatic carbocycles. The van der Waals surface area contributed by atoms with Crippen molar-refractivity contribution in [2.75, 3.05) is 11.1 Å². The number of anilines is 1. The summed E-state index contributed by atoms with van der Waals surface area (Å²) in [5.41, 5.74) is 2.51. The molecule has 1 amide bonds. The summed E-state index contributed by atoms with van der Waals surface area (Å²) in [6, 6.07) is 14.9. The number of amides is 1. The first-order chi connectivity index (χ1) is 14.7. The molecule has 0 bridgehead atoms. The number of unbranched alkanes of at least 4 members (excludes halogenated alkanes) is 1. The van der Waals surface area contributed by atoms with E-state index in [0.717, 1.165) is 24.9 Å². The van der Waals surface area contributed by atoms with E-state index in [1.165, 1.54) is 36.2 Å². The number of thioether (sulfide) groups is 1. The summed E-state index contributed by atoms with van der Waals surface area (Å²) in [5.74, 6) is 0.337. The van der Waals surface area contributed by atoms with Gasteiger partial charge in [-0.25, -0.2) is 4.39 Å². The third kappa shape index (κ3) is 4.90. The Labute approximate surface area is 180 Å². The Kier molecular flexibility index (Phi) is 6.47. The van der Waals surface area contributed by atoms with Gasteiger partial charge in [0, 0.05) is 11.7 Å². The largest absolute Gasteiger partial charge is 0.325 e. The van der Waals surface area contributed by atoms with Gasteiger partial charge in [-0.05, 0) is 55.5 Å². The minimum absolute atomic E-state index is 0.0981. The number of halogens is 1. The van der Waals surface area contributed by atoms with Crippen molar-refractivity contribution in [3.05, 3.63) is 59.9 Å². The molecule has 7 heteroatoms. The topological polar surface area (TPSA) is 59.8 Å². The molecule has 0 unspecified atom stereocenters. The predicted molar refractivity (Wildman–Crippen MR) is 118 cm³/mol. The van der Waals surface area contributed by atoms with Crippen LogP contribution in [0.4, 0.5) is 10.1 Å². The Morgan fingerprint density at radius 2 is 1.93 bits per heavy atom. The normalized spacial score (nSPS) is 13.4. The molecule has 0 radical (unpaired) electrons. The fourth-order valence-electron chi connectivity index (χ4n) is 3.33. The smallest absolute Gasteiger partial charge is 0.234 e. The number of aromatic nitrogens is 3. The van der Waals surface area contributed by atoms with Gasteiger partial charge in [0.05, 0.1) is 11.3 Å². The second-order valence-electron chi connectivity index (χ2n) is 7.52. The average Bonchev–Trinajstić information content (AvgIpc) is 3.51. The summed E-state index contributed by atoms with van der Waals surface area (Å²) in [5, 5.41) is 12.1. The second kappa shape index (κ2) is 9.43. The molecule has 4 rings (SSSR count). The lowest BCUT2D eigenvalue weighted by Crippen LogP contribution is -2.14. The Morgan fingerprint density at radius 1 is 1.17 bits per heavy atom. The summed E-state index contributed by atoms with van der Waals surface area (Å²) in [6.07, 6.45) is 5.42. The number of nitrogens with zero attached hydrogens (tertiary/aromatic N) is 3. The van der Waals surface area contributed by atoms with Crippen LogP contribution in [0.2, 0.25) is 0 Å². The van der Waals surface area contributed by atoms with Crippen LogP contribution in [-0.2, 0) is 11.2 Å². The van der Waals surface area contributed by atoms with Crippen LogP contribution in [0.5, 0.6) is 0 Å². The predicted octanol–water partition coefficient (Wildman–Crippen LogP) is 5.49. The third-order valence-corrected chi connectivity index (χ3v) is 6.02. The lowest BCUT2D eigenvalue weighted by molar-refractivity contribution is -0.113. The van der Waals surface area contributed by atoms with E-state index >= 15 is 0 Å². The first-order valence-electron chi connectivity index (χ1n) is 10.4. The van der Waals surface area contributed by atoms with Gasteiger partial charge in [-0.1, -0.05) is 49.4 Å². The summed E-state index contributed by atoms with van der Waals surface area (Å²) in [4.78, 5) is 12.4. The standard InChI is InChI=1S/C23H25FN4OS/c1-2-3-6-16-9-11-17(12-10-16)25-21(29)15-30-23-27-26-22(28(23)18-13-14-18)19-7-4-5-8-20(19)24/h4-5,7-12,18H,2-3,6,13-15H2,1H3,(H,25,29). The highest BCUT2D eigenvalue weighted by Crippen LogP contribution is 2.41. The van der Waals surface area contributed by atoms with Crippen molar-refractivity contribution in [1.29, 1.82) is 0 Å². The van der Waals surface area contributed by atoms with Crippen LogP contribution in [0, 0.1) is 5.82 Å². The number of benzene rings is 2. The molecule has 30 heavy (non-hydrogen) atoms. The van der Waals surface area contributed by atoms with Crippen molar-refractivity contribution in [1.82, 2.24) is 14.8 Å². The molecule has 3 aromatic rings. The van der Waals surface area contributed by atoms with Crippen molar-refractivity contribution in [3.8, 4) is 11.4 Å². The van der Waals surface area contributed by atoms with Crippen LogP contribution in [0.1, 0.15) is 44.2 Å². The van der Waals surface area contributed by atoms with Crippen LogP contribution >= 0.6 is 11.8 Å². The Bertz CT molecular complexity index is 1010. The highest BCUT2D eigenvalue weighted by Gasteiger charge is 2.31. The number of nitrogens with one attached hydrogen (secondary N) is 1. The fourth-order valence-corrected chi connectivity index (χ4v) is 4.13. The average molecular weight is 425 g/mol. The van der Waals surface area contributed by atoms with E-state index in [-0.39, 0.29) is 23.5 Å². The summed E-state index contributed by atoms with van der Waals surface area (Å²) < 4.78 is 16.2. The van der Waals surface area contributed by atoms with E-state index in [2.05, 4.69) is 34.6 Å². The maximum atomic E-state index is 14.2. The molecule has 1 heterocycles. The summed E-state index contributed by atoms with van der Waals surface area (Å²) in [7, 11) is 0. The zero-order valence-electron chi connectivity index (χ0n) is 17.0. The van der Waals surface area contributed by atoms with E-state index in [4.69, 9.17) is 0 Å². The third-order valence-electron chi connectivity index (χ3n) is 5.08. The molecule has 0 spiro atoms. The van der Waals surface area contributed by atoms with Crippen molar-refractivity contribution in [2.24, 2.45) is 0 Å². The molecule has 1 aromatic heterocycles.